The molecule has 2 nitrogen and oxygen atoms in total. The Morgan fingerprint density at radius 3 is 2.63 bits per heavy atom. The second-order valence-corrected chi connectivity index (χ2v) is 5.35. The molecule has 1 aliphatic rings. The van der Waals surface area contributed by atoms with Crippen LogP contribution in [-0.2, 0) is 0 Å². The Bertz CT molecular complexity index is 475. The maximum Gasteiger partial charge on any atom is 0.256 e. The van der Waals surface area contributed by atoms with E-state index in [4.69, 9.17) is 0 Å². The second-order valence-electron chi connectivity index (χ2n) is 5.35. The van der Waals surface area contributed by atoms with Gasteiger partial charge in [0.25, 0.3) is 5.91 Å². The SMILES string of the molecule is CC1CCCCC1N(C)C(=O)c1cccc(F)c1F. The van der Waals surface area contributed by atoms with Gasteiger partial charge in [-0.1, -0.05) is 25.8 Å². The number of hydrogen-bond acceptors (Lipinski definition) is 1. The summed E-state index contributed by atoms with van der Waals surface area (Å²) in [5, 5.41) is 0. The monoisotopic (exact) mass is 267 g/mol. The van der Waals surface area contributed by atoms with Gasteiger partial charge in [0, 0.05) is 13.1 Å². The highest BCUT2D eigenvalue weighted by atomic mass is 19.2. The van der Waals surface area contributed by atoms with Crippen molar-refractivity contribution in [2.45, 2.75) is 38.6 Å². The van der Waals surface area contributed by atoms with Crippen LogP contribution in [-0.4, -0.2) is 23.9 Å². The van der Waals surface area contributed by atoms with Crippen LogP contribution in [0, 0.1) is 17.6 Å². The average molecular weight is 267 g/mol. The maximum absolute atomic E-state index is 13.7. The molecule has 1 aromatic carbocycles. The van der Waals surface area contributed by atoms with Gasteiger partial charge in [-0.3, -0.25) is 4.79 Å². The number of benzene rings is 1. The number of nitrogens with zero attached hydrogens (tertiary/aromatic N) is 1. The number of carbonyl (C=O) groups is 1. The zero-order valence-electron chi connectivity index (χ0n) is 11.3. The molecule has 0 heterocycles. The fourth-order valence-electron chi connectivity index (χ4n) is 2.88. The van der Waals surface area contributed by atoms with E-state index in [1.165, 1.54) is 18.6 Å². The maximum atomic E-state index is 13.7. The molecule has 2 atom stereocenters. The molecule has 1 amide bonds. The predicted octanol–water partition coefficient (Wildman–Crippen LogP) is 3.62. The molecule has 19 heavy (non-hydrogen) atoms. The van der Waals surface area contributed by atoms with E-state index in [2.05, 4.69) is 6.92 Å². The summed E-state index contributed by atoms with van der Waals surface area (Å²) < 4.78 is 26.8. The number of rotatable bonds is 2. The van der Waals surface area contributed by atoms with Crippen LogP contribution in [0.1, 0.15) is 43.0 Å². The van der Waals surface area contributed by atoms with Crippen LogP contribution in [0.4, 0.5) is 8.78 Å². The number of halogens is 2. The van der Waals surface area contributed by atoms with Crippen molar-refractivity contribution < 1.29 is 13.6 Å². The van der Waals surface area contributed by atoms with Crippen LogP contribution in [0.5, 0.6) is 0 Å². The van der Waals surface area contributed by atoms with E-state index < -0.39 is 17.5 Å². The Balaban J connectivity index is 2.21. The van der Waals surface area contributed by atoms with E-state index in [-0.39, 0.29) is 11.6 Å². The minimum absolute atomic E-state index is 0.115. The summed E-state index contributed by atoms with van der Waals surface area (Å²) in [5.41, 5.74) is -0.180. The molecule has 0 aromatic heterocycles. The first-order valence-electron chi connectivity index (χ1n) is 6.73. The molecule has 0 radical (unpaired) electrons. The van der Waals surface area contributed by atoms with Crippen LogP contribution < -0.4 is 0 Å². The summed E-state index contributed by atoms with van der Waals surface area (Å²) in [6, 6.07) is 3.84. The molecule has 0 spiro atoms. The highest BCUT2D eigenvalue weighted by molar-refractivity contribution is 5.94. The van der Waals surface area contributed by atoms with E-state index in [9.17, 15) is 13.6 Å². The molecular weight excluding hydrogens is 248 g/mol. The zero-order chi connectivity index (χ0) is 14.0. The second kappa shape index (κ2) is 5.68. The standard InChI is InChI=1S/C15H19F2NO/c1-10-6-3-4-9-13(10)18(2)15(19)11-7-5-8-12(16)14(11)17/h5,7-8,10,13H,3-4,6,9H2,1-2H3. The van der Waals surface area contributed by atoms with Crippen molar-refractivity contribution in [1.82, 2.24) is 4.90 Å². The third-order valence-electron chi connectivity index (χ3n) is 4.07. The summed E-state index contributed by atoms with van der Waals surface area (Å²) in [7, 11) is 1.68. The molecule has 1 fully saturated rings. The summed E-state index contributed by atoms with van der Waals surface area (Å²) in [6.45, 7) is 2.11. The lowest BCUT2D eigenvalue weighted by molar-refractivity contribution is 0.0623. The first-order valence-corrected chi connectivity index (χ1v) is 6.73. The normalized spacial score (nSPS) is 23.2. The van der Waals surface area contributed by atoms with Crippen LogP contribution in [0.2, 0.25) is 0 Å². The lowest BCUT2D eigenvalue weighted by atomic mass is 9.85. The third-order valence-corrected chi connectivity index (χ3v) is 4.07. The zero-order valence-corrected chi connectivity index (χ0v) is 11.3. The molecule has 0 aliphatic heterocycles. The van der Waals surface area contributed by atoms with Crippen LogP contribution in [0.15, 0.2) is 18.2 Å². The number of hydrogen-bond donors (Lipinski definition) is 0. The van der Waals surface area contributed by atoms with Crippen molar-refractivity contribution in [2.24, 2.45) is 5.92 Å². The smallest absolute Gasteiger partial charge is 0.256 e. The van der Waals surface area contributed by atoms with Gasteiger partial charge < -0.3 is 4.90 Å². The molecular formula is C15H19F2NO. The summed E-state index contributed by atoms with van der Waals surface area (Å²) in [4.78, 5) is 13.9. The highest BCUT2D eigenvalue weighted by Gasteiger charge is 2.29. The lowest BCUT2D eigenvalue weighted by Gasteiger charge is -2.36. The summed E-state index contributed by atoms with van der Waals surface area (Å²) >= 11 is 0. The summed E-state index contributed by atoms with van der Waals surface area (Å²) in [5.74, 6) is -2.06. The fourth-order valence-corrected chi connectivity index (χ4v) is 2.88. The molecule has 1 saturated carbocycles. The predicted molar refractivity (Wildman–Crippen MR) is 69.9 cm³/mol. The molecule has 1 aromatic rings. The van der Waals surface area contributed by atoms with Gasteiger partial charge in [-0.2, -0.15) is 0 Å². The molecule has 104 valence electrons. The van der Waals surface area contributed by atoms with Crippen molar-refractivity contribution in [1.29, 1.82) is 0 Å². The van der Waals surface area contributed by atoms with E-state index in [1.807, 2.05) is 0 Å². The van der Waals surface area contributed by atoms with Gasteiger partial charge >= 0.3 is 0 Å². The van der Waals surface area contributed by atoms with Crippen LogP contribution in [0.25, 0.3) is 0 Å². The highest BCUT2D eigenvalue weighted by Crippen LogP contribution is 2.28. The fraction of sp³-hybridized carbons (Fsp3) is 0.533. The van der Waals surface area contributed by atoms with Gasteiger partial charge in [-0.05, 0) is 30.9 Å². The molecule has 0 bridgehead atoms. The van der Waals surface area contributed by atoms with Crippen molar-refractivity contribution >= 4 is 5.91 Å². The lowest BCUT2D eigenvalue weighted by Crippen LogP contribution is -2.43. The van der Waals surface area contributed by atoms with E-state index in [1.54, 1.807) is 11.9 Å². The van der Waals surface area contributed by atoms with Gasteiger partial charge in [-0.15, -0.1) is 0 Å². The summed E-state index contributed by atoms with van der Waals surface area (Å²) in [6.07, 6.45) is 4.26. The van der Waals surface area contributed by atoms with Gasteiger partial charge in [0.05, 0.1) is 5.56 Å². The Kier molecular flexibility index (Phi) is 4.17. The average Bonchev–Trinajstić information content (AvgIpc) is 2.41. The quantitative estimate of drug-likeness (QED) is 0.801. The largest absolute Gasteiger partial charge is 0.338 e. The molecule has 4 heteroatoms. The Morgan fingerprint density at radius 1 is 1.26 bits per heavy atom. The Labute approximate surface area is 112 Å². The first-order chi connectivity index (χ1) is 9.02. The topological polar surface area (TPSA) is 20.3 Å². The van der Waals surface area contributed by atoms with E-state index >= 15 is 0 Å². The Hall–Kier alpha value is -1.45. The number of amides is 1. The van der Waals surface area contributed by atoms with Crippen LogP contribution >= 0.6 is 0 Å². The molecule has 2 unspecified atom stereocenters. The minimum Gasteiger partial charge on any atom is -0.338 e. The van der Waals surface area contributed by atoms with Gasteiger partial charge in [0.15, 0.2) is 11.6 Å². The van der Waals surface area contributed by atoms with Crippen molar-refractivity contribution in [3.63, 3.8) is 0 Å². The van der Waals surface area contributed by atoms with E-state index in [0.29, 0.717) is 5.92 Å². The third kappa shape index (κ3) is 2.77. The van der Waals surface area contributed by atoms with Gasteiger partial charge in [-0.25, -0.2) is 8.78 Å². The first kappa shape index (κ1) is 14.0. The number of carbonyl (C=O) groups excluding carboxylic acids is 1. The molecule has 2 rings (SSSR count). The van der Waals surface area contributed by atoms with Crippen LogP contribution in [0.3, 0.4) is 0 Å². The molecule has 1 aliphatic carbocycles. The van der Waals surface area contributed by atoms with Crippen molar-refractivity contribution in [3.05, 3.63) is 35.4 Å². The molecule has 0 saturated heterocycles. The van der Waals surface area contributed by atoms with E-state index in [0.717, 1.165) is 25.3 Å². The molecule has 0 N–H and O–H groups in total. The van der Waals surface area contributed by atoms with Gasteiger partial charge in [0.1, 0.15) is 0 Å². The van der Waals surface area contributed by atoms with Crippen molar-refractivity contribution in [3.8, 4) is 0 Å². The minimum atomic E-state index is -1.05. The van der Waals surface area contributed by atoms with Crippen molar-refractivity contribution in [2.75, 3.05) is 7.05 Å². The Morgan fingerprint density at radius 2 is 1.95 bits per heavy atom. The van der Waals surface area contributed by atoms with Gasteiger partial charge in [0.2, 0.25) is 0 Å².